The van der Waals surface area contributed by atoms with Crippen molar-refractivity contribution in [1.82, 2.24) is 10.2 Å². The van der Waals surface area contributed by atoms with Crippen molar-refractivity contribution in [2.24, 2.45) is 5.41 Å². The number of anilines is 1. The zero-order valence-electron chi connectivity index (χ0n) is 17.7. The van der Waals surface area contributed by atoms with Gasteiger partial charge in [0, 0.05) is 43.9 Å². The number of hydrogen-bond acceptors (Lipinski definition) is 3. The zero-order valence-corrected chi connectivity index (χ0v) is 17.7. The van der Waals surface area contributed by atoms with E-state index in [2.05, 4.69) is 52.7 Å². The number of nitrogens with zero attached hydrogens (tertiary/aromatic N) is 2. The molecule has 2 aromatic carbocycles. The molecule has 2 N–H and O–H groups in total. The molecule has 2 aromatic rings. The lowest BCUT2D eigenvalue weighted by molar-refractivity contribution is 0.0208. The maximum Gasteiger partial charge on any atom is 0.321 e. The lowest BCUT2D eigenvalue weighted by atomic mass is 9.76. The number of carbonyl (C=O) groups is 1. The van der Waals surface area contributed by atoms with Crippen LogP contribution in [0.25, 0.3) is 0 Å². The summed E-state index contributed by atoms with van der Waals surface area (Å²) in [4.78, 5) is 16.1. The molecule has 2 aliphatic heterocycles. The van der Waals surface area contributed by atoms with Gasteiger partial charge in [0.2, 0.25) is 0 Å². The highest BCUT2D eigenvalue weighted by Crippen LogP contribution is 2.35. The van der Waals surface area contributed by atoms with Gasteiger partial charge in [-0.3, -0.25) is 9.80 Å². The number of amides is 2. The van der Waals surface area contributed by atoms with E-state index in [1.165, 1.54) is 11.1 Å². The van der Waals surface area contributed by atoms with Gasteiger partial charge in [0.25, 0.3) is 0 Å². The van der Waals surface area contributed by atoms with Crippen LogP contribution in [0, 0.1) is 5.41 Å². The normalized spacial score (nSPS) is 22.3. The minimum absolute atomic E-state index is 0.0120. The second-order valence-electron chi connectivity index (χ2n) is 8.86. The van der Waals surface area contributed by atoms with Crippen LogP contribution < -0.4 is 10.2 Å². The molecule has 2 saturated heterocycles. The molecule has 2 aliphatic rings. The van der Waals surface area contributed by atoms with Crippen LogP contribution in [0.2, 0.25) is 0 Å². The van der Waals surface area contributed by atoms with E-state index in [0.717, 1.165) is 64.0 Å². The molecule has 4 rings (SSSR count). The van der Waals surface area contributed by atoms with E-state index in [4.69, 9.17) is 0 Å². The predicted octanol–water partition coefficient (Wildman–Crippen LogP) is 3.81. The lowest BCUT2D eigenvalue weighted by Gasteiger charge is -2.42. The second kappa shape index (κ2) is 9.63. The number of aliphatic hydroxyl groups excluding tert-OH is 1. The fourth-order valence-electron chi connectivity index (χ4n) is 4.93. The highest BCUT2D eigenvalue weighted by atomic mass is 16.3. The first-order chi connectivity index (χ1) is 14.7. The van der Waals surface area contributed by atoms with Crippen molar-refractivity contribution in [1.29, 1.82) is 0 Å². The van der Waals surface area contributed by atoms with Crippen molar-refractivity contribution in [3.05, 3.63) is 65.7 Å². The van der Waals surface area contributed by atoms with Gasteiger partial charge in [-0.2, -0.15) is 0 Å². The van der Waals surface area contributed by atoms with Gasteiger partial charge in [-0.1, -0.05) is 42.5 Å². The van der Waals surface area contributed by atoms with Gasteiger partial charge in [0.05, 0.1) is 0 Å². The number of aryl methyl sites for hydroxylation is 1. The standard InChI is InChI=1S/C25H33N3O2/c29-20-25(13-4-8-21-6-2-1-3-7-21)14-5-16-27(19-25)18-22-9-11-23(12-10-22)28-17-15-26-24(28)30/h1-3,6-7,9-12,29H,4-5,8,13-20H2,(H,26,30)/t25-/m1/s1. The highest BCUT2D eigenvalue weighted by Gasteiger charge is 2.34. The number of benzene rings is 2. The average Bonchev–Trinajstić information content (AvgIpc) is 3.21. The summed E-state index contributed by atoms with van der Waals surface area (Å²) in [6.07, 6.45) is 5.51. The Morgan fingerprint density at radius 2 is 1.80 bits per heavy atom. The second-order valence-corrected chi connectivity index (χ2v) is 8.86. The Morgan fingerprint density at radius 1 is 1.00 bits per heavy atom. The van der Waals surface area contributed by atoms with Crippen molar-refractivity contribution < 1.29 is 9.90 Å². The minimum Gasteiger partial charge on any atom is -0.396 e. The Balaban J connectivity index is 1.32. The van der Waals surface area contributed by atoms with E-state index in [-0.39, 0.29) is 18.1 Å². The maximum absolute atomic E-state index is 11.8. The van der Waals surface area contributed by atoms with Gasteiger partial charge in [-0.25, -0.2) is 4.79 Å². The Labute approximate surface area is 179 Å². The van der Waals surface area contributed by atoms with Crippen molar-refractivity contribution in [2.45, 2.75) is 38.6 Å². The fraction of sp³-hybridized carbons (Fsp3) is 0.480. The van der Waals surface area contributed by atoms with Gasteiger partial charge in [0.1, 0.15) is 0 Å². The van der Waals surface area contributed by atoms with E-state index in [1.807, 2.05) is 12.1 Å². The van der Waals surface area contributed by atoms with Gasteiger partial charge < -0.3 is 10.4 Å². The first-order valence-corrected chi connectivity index (χ1v) is 11.2. The van der Waals surface area contributed by atoms with Crippen molar-refractivity contribution >= 4 is 11.7 Å². The number of piperidine rings is 1. The predicted molar refractivity (Wildman–Crippen MR) is 121 cm³/mol. The first kappa shape index (κ1) is 20.9. The summed E-state index contributed by atoms with van der Waals surface area (Å²) >= 11 is 0. The smallest absolute Gasteiger partial charge is 0.321 e. The summed E-state index contributed by atoms with van der Waals surface area (Å²) < 4.78 is 0. The molecule has 30 heavy (non-hydrogen) atoms. The van der Waals surface area contributed by atoms with Crippen LogP contribution in [0.15, 0.2) is 54.6 Å². The minimum atomic E-state index is -0.0120. The van der Waals surface area contributed by atoms with E-state index in [9.17, 15) is 9.90 Å². The molecule has 2 heterocycles. The largest absolute Gasteiger partial charge is 0.396 e. The molecule has 2 amide bonds. The molecular weight excluding hydrogens is 374 g/mol. The molecule has 2 fully saturated rings. The number of aliphatic hydroxyl groups is 1. The van der Waals surface area contributed by atoms with Gasteiger partial charge in [-0.15, -0.1) is 0 Å². The number of nitrogens with one attached hydrogen (secondary N) is 1. The van der Waals surface area contributed by atoms with Gasteiger partial charge in [0.15, 0.2) is 0 Å². The average molecular weight is 408 g/mol. The molecule has 0 aliphatic carbocycles. The molecule has 0 saturated carbocycles. The summed E-state index contributed by atoms with van der Waals surface area (Å²) in [6, 6.07) is 19.0. The van der Waals surface area contributed by atoms with Crippen molar-refractivity contribution in [3.8, 4) is 0 Å². The van der Waals surface area contributed by atoms with Crippen molar-refractivity contribution in [3.63, 3.8) is 0 Å². The number of carbonyl (C=O) groups excluding carboxylic acids is 1. The third-order valence-corrected chi connectivity index (χ3v) is 6.60. The molecule has 1 atom stereocenters. The monoisotopic (exact) mass is 407 g/mol. The molecule has 0 aromatic heterocycles. The SMILES string of the molecule is O=C1NCCN1c1ccc(CN2CCC[C@](CO)(CCCc3ccccc3)C2)cc1. The molecule has 0 bridgehead atoms. The molecule has 160 valence electrons. The quantitative estimate of drug-likeness (QED) is 0.700. The number of hydrogen-bond donors (Lipinski definition) is 2. The summed E-state index contributed by atoms with van der Waals surface area (Å²) in [5.74, 6) is 0. The molecule has 0 spiro atoms. The van der Waals surface area contributed by atoms with Crippen LogP contribution in [-0.2, 0) is 13.0 Å². The lowest BCUT2D eigenvalue weighted by Crippen LogP contribution is -2.45. The summed E-state index contributed by atoms with van der Waals surface area (Å²) in [6.45, 7) is 4.63. The topological polar surface area (TPSA) is 55.8 Å². The maximum atomic E-state index is 11.8. The highest BCUT2D eigenvalue weighted by molar-refractivity contribution is 5.93. The van der Waals surface area contributed by atoms with Crippen molar-refractivity contribution in [2.75, 3.05) is 37.7 Å². The molecule has 0 unspecified atom stereocenters. The number of likely N-dealkylation sites (tertiary alicyclic amines) is 1. The summed E-state index contributed by atoms with van der Waals surface area (Å²) in [5.41, 5.74) is 3.61. The Morgan fingerprint density at radius 3 is 2.50 bits per heavy atom. The molecule has 5 nitrogen and oxygen atoms in total. The van der Waals surface area contributed by atoms with Crippen LogP contribution >= 0.6 is 0 Å². The van der Waals surface area contributed by atoms with Gasteiger partial charge >= 0.3 is 6.03 Å². The third kappa shape index (κ3) is 5.02. The van der Waals surface area contributed by atoms with Gasteiger partial charge in [-0.05, 0) is 61.9 Å². The molecule has 5 heteroatoms. The van der Waals surface area contributed by atoms with Crippen LogP contribution in [0.1, 0.15) is 36.8 Å². The Bertz CT molecular complexity index is 824. The Kier molecular flexibility index (Phi) is 6.70. The summed E-state index contributed by atoms with van der Waals surface area (Å²) in [5, 5.41) is 13.1. The summed E-state index contributed by atoms with van der Waals surface area (Å²) in [7, 11) is 0. The van der Waals surface area contributed by atoms with Crippen LogP contribution in [0.3, 0.4) is 0 Å². The van der Waals surface area contributed by atoms with E-state index >= 15 is 0 Å². The Hall–Kier alpha value is -2.37. The van der Waals surface area contributed by atoms with Crippen LogP contribution in [-0.4, -0.2) is 48.8 Å². The number of urea groups is 1. The van der Waals surface area contributed by atoms with Crippen LogP contribution in [0.5, 0.6) is 0 Å². The van der Waals surface area contributed by atoms with Crippen LogP contribution in [0.4, 0.5) is 10.5 Å². The zero-order chi connectivity index (χ0) is 20.8. The first-order valence-electron chi connectivity index (χ1n) is 11.2. The molecule has 0 radical (unpaired) electrons. The third-order valence-electron chi connectivity index (χ3n) is 6.60. The fourth-order valence-corrected chi connectivity index (χ4v) is 4.93. The van der Waals surface area contributed by atoms with E-state index in [1.54, 1.807) is 4.90 Å². The van der Waals surface area contributed by atoms with E-state index in [0.29, 0.717) is 6.54 Å². The number of rotatable bonds is 8. The molecular formula is C25H33N3O2. The van der Waals surface area contributed by atoms with E-state index < -0.39 is 0 Å².